The van der Waals surface area contributed by atoms with E-state index in [0.29, 0.717) is 26.2 Å². The van der Waals surface area contributed by atoms with E-state index in [2.05, 4.69) is 26.1 Å². The zero-order valence-electron chi connectivity index (χ0n) is 16.9. The van der Waals surface area contributed by atoms with E-state index in [4.69, 9.17) is 4.74 Å². The number of carbonyl (C=O) groups excluding carboxylic acids is 3. The standard InChI is InChI=1S/C21H27BrN4O4/c22-17-3-1-15(2-4-17)19-20(28)23-5-6-26(19)21(29)16-13-18(27)25(14-16)8-7-24-9-11-30-12-10-24/h1-4,16,19H,5-14H2,(H,23,28). The van der Waals surface area contributed by atoms with E-state index in [1.165, 1.54) is 0 Å². The van der Waals surface area contributed by atoms with Gasteiger partial charge in [-0.3, -0.25) is 19.3 Å². The van der Waals surface area contributed by atoms with Crippen LogP contribution >= 0.6 is 15.9 Å². The van der Waals surface area contributed by atoms with E-state index in [1.807, 2.05) is 24.3 Å². The van der Waals surface area contributed by atoms with Gasteiger partial charge in [0, 0.05) is 56.7 Å². The van der Waals surface area contributed by atoms with Crippen molar-refractivity contribution in [2.24, 2.45) is 5.92 Å². The molecular weight excluding hydrogens is 452 g/mol. The number of hydrogen-bond donors (Lipinski definition) is 1. The number of morpholine rings is 1. The molecule has 8 nitrogen and oxygen atoms in total. The number of rotatable bonds is 5. The summed E-state index contributed by atoms with van der Waals surface area (Å²) in [6, 6.07) is 6.79. The van der Waals surface area contributed by atoms with E-state index in [0.717, 1.165) is 42.9 Å². The van der Waals surface area contributed by atoms with Crippen molar-refractivity contribution in [1.82, 2.24) is 20.0 Å². The predicted molar refractivity (Wildman–Crippen MR) is 114 cm³/mol. The van der Waals surface area contributed by atoms with Crippen LogP contribution in [0.25, 0.3) is 0 Å². The molecule has 3 heterocycles. The number of hydrogen-bond acceptors (Lipinski definition) is 5. The topological polar surface area (TPSA) is 82.2 Å². The lowest BCUT2D eigenvalue weighted by atomic mass is 9.99. The smallest absolute Gasteiger partial charge is 0.247 e. The minimum atomic E-state index is -0.656. The first-order valence-corrected chi connectivity index (χ1v) is 11.2. The number of nitrogens with one attached hydrogen (secondary N) is 1. The van der Waals surface area contributed by atoms with E-state index in [-0.39, 0.29) is 24.1 Å². The number of benzene rings is 1. The van der Waals surface area contributed by atoms with Crippen LogP contribution in [0.1, 0.15) is 18.0 Å². The fraction of sp³-hybridized carbons (Fsp3) is 0.571. The van der Waals surface area contributed by atoms with Gasteiger partial charge in [0.05, 0.1) is 19.1 Å². The van der Waals surface area contributed by atoms with E-state index in [9.17, 15) is 14.4 Å². The van der Waals surface area contributed by atoms with Crippen molar-refractivity contribution in [2.75, 3.05) is 59.0 Å². The zero-order chi connectivity index (χ0) is 21.1. The summed E-state index contributed by atoms with van der Waals surface area (Å²) >= 11 is 3.40. The Kier molecular flexibility index (Phi) is 6.70. The minimum Gasteiger partial charge on any atom is -0.379 e. The molecule has 3 fully saturated rings. The molecule has 9 heteroatoms. The van der Waals surface area contributed by atoms with Crippen LogP contribution in [0.5, 0.6) is 0 Å². The minimum absolute atomic E-state index is 0.0169. The van der Waals surface area contributed by atoms with Gasteiger partial charge in [-0.1, -0.05) is 28.1 Å². The summed E-state index contributed by atoms with van der Waals surface area (Å²) in [6.45, 7) is 5.93. The maximum Gasteiger partial charge on any atom is 0.247 e. The molecule has 3 aliphatic rings. The Morgan fingerprint density at radius 3 is 2.57 bits per heavy atom. The van der Waals surface area contributed by atoms with Crippen LogP contribution < -0.4 is 5.32 Å². The molecule has 0 radical (unpaired) electrons. The second-order valence-corrected chi connectivity index (χ2v) is 8.89. The van der Waals surface area contributed by atoms with E-state index >= 15 is 0 Å². The van der Waals surface area contributed by atoms with Crippen molar-refractivity contribution in [3.63, 3.8) is 0 Å². The van der Waals surface area contributed by atoms with Gasteiger partial charge in [-0.15, -0.1) is 0 Å². The summed E-state index contributed by atoms with van der Waals surface area (Å²) in [5, 5.41) is 2.86. The molecule has 2 unspecified atom stereocenters. The highest BCUT2D eigenvalue weighted by atomic mass is 79.9. The highest BCUT2D eigenvalue weighted by Crippen LogP contribution is 2.29. The number of piperazine rings is 1. The van der Waals surface area contributed by atoms with Crippen LogP contribution in [-0.4, -0.2) is 91.4 Å². The van der Waals surface area contributed by atoms with Gasteiger partial charge in [-0.2, -0.15) is 0 Å². The van der Waals surface area contributed by atoms with Crippen molar-refractivity contribution < 1.29 is 19.1 Å². The van der Waals surface area contributed by atoms with Gasteiger partial charge in [0.2, 0.25) is 17.7 Å². The van der Waals surface area contributed by atoms with Crippen LogP contribution in [0, 0.1) is 5.92 Å². The molecule has 1 aromatic rings. The quantitative estimate of drug-likeness (QED) is 0.670. The van der Waals surface area contributed by atoms with Crippen LogP contribution in [-0.2, 0) is 19.1 Å². The molecular formula is C21H27BrN4O4. The Morgan fingerprint density at radius 1 is 1.10 bits per heavy atom. The Balaban J connectivity index is 1.41. The number of carbonyl (C=O) groups is 3. The summed E-state index contributed by atoms with van der Waals surface area (Å²) in [6.07, 6.45) is 0.215. The average molecular weight is 479 g/mol. The summed E-state index contributed by atoms with van der Waals surface area (Å²) < 4.78 is 6.28. The van der Waals surface area contributed by atoms with Gasteiger partial charge >= 0.3 is 0 Å². The molecule has 0 bridgehead atoms. The molecule has 0 saturated carbocycles. The van der Waals surface area contributed by atoms with Gasteiger partial charge in [0.15, 0.2) is 0 Å². The van der Waals surface area contributed by atoms with Gasteiger partial charge in [0.1, 0.15) is 6.04 Å². The lowest BCUT2D eigenvalue weighted by Crippen LogP contribution is -2.53. The van der Waals surface area contributed by atoms with Crippen molar-refractivity contribution in [2.45, 2.75) is 12.5 Å². The van der Waals surface area contributed by atoms with Gasteiger partial charge in [-0.25, -0.2) is 0 Å². The molecule has 3 aliphatic heterocycles. The third-order valence-electron chi connectivity index (χ3n) is 6.03. The first kappa shape index (κ1) is 21.3. The maximum absolute atomic E-state index is 13.3. The zero-order valence-corrected chi connectivity index (χ0v) is 18.5. The SMILES string of the molecule is O=C1NCCN(C(=O)C2CC(=O)N(CCN3CCOCC3)C2)C1c1ccc(Br)cc1. The Hall–Kier alpha value is -1.97. The molecule has 1 N–H and O–H groups in total. The van der Waals surface area contributed by atoms with Crippen molar-refractivity contribution in [3.05, 3.63) is 34.3 Å². The first-order chi connectivity index (χ1) is 14.5. The summed E-state index contributed by atoms with van der Waals surface area (Å²) in [5.41, 5.74) is 0.775. The number of amides is 3. The second kappa shape index (κ2) is 9.45. The lowest BCUT2D eigenvalue weighted by molar-refractivity contribution is -0.146. The predicted octanol–water partition coefficient (Wildman–Crippen LogP) is 0.629. The fourth-order valence-corrected chi connectivity index (χ4v) is 4.62. The molecule has 1 aromatic carbocycles. The molecule has 162 valence electrons. The van der Waals surface area contributed by atoms with Crippen molar-refractivity contribution >= 4 is 33.7 Å². The highest BCUT2D eigenvalue weighted by Gasteiger charge is 2.41. The number of likely N-dealkylation sites (tertiary alicyclic amines) is 1. The molecule has 0 aliphatic carbocycles. The monoisotopic (exact) mass is 478 g/mol. The van der Waals surface area contributed by atoms with Crippen LogP contribution in [0.15, 0.2) is 28.7 Å². The molecule has 30 heavy (non-hydrogen) atoms. The number of nitrogens with zero attached hydrogens (tertiary/aromatic N) is 3. The fourth-order valence-electron chi connectivity index (χ4n) is 4.36. The molecule has 0 spiro atoms. The van der Waals surface area contributed by atoms with E-state index in [1.54, 1.807) is 9.80 Å². The average Bonchev–Trinajstić information content (AvgIpc) is 3.13. The molecule has 4 rings (SSSR count). The summed E-state index contributed by atoms with van der Waals surface area (Å²) in [5.74, 6) is -0.667. The van der Waals surface area contributed by atoms with Crippen LogP contribution in [0.4, 0.5) is 0 Å². The van der Waals surface area contributed by atoms with Crippen molar-refractivity contribution in [1.29, 1.82) is 0 Å². The third kappa shape index (κ3) is 4.68. The summed E-state index contributed by atoms with van der Waals surface area (Å²) in [4.78, 5) is 44.2. The highest BCUT2D eigenvalue weighted by molar-refractivity contribution is 9.10. The Morgan fingerprint density at radius 2 is 1.83 bits per heavy atom. The Labute approximate surface area is 184 Å². The summed E-state index contributed by atoms with van der Waals surface area (Å²) in [7, 11) is 0. The van der Waals surface area contributed by atoms with Crippen LogP contribution in [0.3, 0.4) is 0 Å². The number of ether oxygens (including phenoxy) is 1. The molecule has 0 aromatic heterocycles. The lowest BCUT2D eigenvalue weighted by Gasteiger charge is -2.36. The van der Waals surface area contributed by atoms with Crippen molar-refractivity contribution in [3.8, 4) is 0 Å². The molecule has 3 amide bonds. The third-order valence-corrected chi connectivity index (χ3v) is 6.56. The second-order valence-electron chi connectivity index (χ2n) is 7.97. The number of halogens is 1. The first-order valence-electron chi connectivity index (χ1n) is 10.4. The normalized spacial score (nSPS) is 25.5. The Bertz CT molecular complexity index is 797. The largest absolute Gasteiger partial charge is 0.379 e. The maximum atomic E-state index is 13.3. The van der Waals surface area contributed by atoms with Crippen LogP contribution in [0.2, 0.25) is 0 Å². The van der Waals surface area contributed by atoms with E-state index < -0.39 is 12.0 Å². The van der Waals surface area contributed by atoms with Gasteiger partial charge in [-0.05, 0) is 17.7 Å². The van der Waals surface area contributed by atoms with Gasteiger partial charge < -0.3 is 19.9 Å². The molecule has 3 saturated heterocycles. The molecule has 2 atom stereocenters. The van der Waals surface area contributed by atoms with Gasteiger partial charge in [0.25, 0.3) is 0 Å².